The van der Waals surface area contributed by atoms with Crippen LogP contribution in [-0.4, -0.2) is 22.1 Å². The van der Waals surface area contributed by atoms with E-state index in [1.165, 1.54) is 0 Å². The van der Waals surface area contributed by atoms with Crippen LogP contribution in [0.3, 0.4) is 0 Å². The molecule has 0 unspecified atom stereocenters. The van der Waals surface area contributed by atoms with E-state index in [1.807, 2.05) is 60.7 Å². The van der Waals surface area contributed by atoms with Crippen molar-refractivity contribution in [1.82, 2.24) is 9.55 Å². The van der Waals surface area contributed by atoms with Crippen LogP contribution in [0.5, 0.6) is 0 Å². The van der Waals surface area contributed by atoms with E-state index in [2.05, 4.69) is 17.6 Å². The fourth-order valence-corrected chi connectivity index (χ4v) is 4.14. The summed E-state index contributed by atoms with van der Waals surface area (Å²) in [5.74, 6) is 0.595. The molecule has 1 heterocycles. The molecule has 0 N–H and O–H groups in total. The molecule has 5 heteroatoms. The van der Waals surface area contributed by atoms with Crippen molar-refractivity contribution in [1.29, 1.82) is 5.26 Å². The maximum Gasteiger partial charge on any atom is 0.340 e. The van der Waals surface area contributed by atoms with Crippen molar-refractivity contribution in [3.8, 4) is 17.2 Å². The molecule has 0 fully saturated rings. The van der Waals surface area contributed by atoms with Gasteiger partial charge in [0.15, 0.2) is 0 Å². The Morgan fingerprint density at radius 2 is 1.88 bits per heavy atom. The van der Waals surface area contributed by atoms with Crippen molar-refractivity contribution in [2.24, 2.45) is 0 Å². The fraction of sp³-hybridized carbons (Fsp3) is 0.250. The predicted octanol–water partition coefficient (Wildman–Crippen LogP) is 6.14. The molecule has 0 aliphatic heterocycles. The third kappa shape index (κ3) is 4.65. The summed E-state index contributed by atoms with van der Waals surface area (Å²) in [6, 6.07) is 23.8. The number of carbonyl (C=O) groups is 1. The van der Waals surface area contributed by atoms with E-state index < -0.39 is 0 Å². The zero-order valence-electron chi connectivity index (χ0n) is 19.0. The number of aryl methyl sites for hydroxylation is 1. The number of esters is 1. The average molecular weight is 438 g/mol. The van der Waals surface area contributed by atoms with Crippen molar-refractivity contribution in [2.45, 2.75) is 39.7 Å². The summed E-state index contributed by atoms with van der Waals surface area (Å²) in [6.45, 7) is 4.80. The van der Waals surface area contributed by atoms with Crippen LogP contribution in [0.1, 0.15) is 54.0 Å². The standard InChI is InChI=1S/C28H27N3O2/c1-3-5-14-26-30-25-13-9-12-24(28(32)33-4-2)27(25)31(26)19-20-15-16-23(22(17-20)18-29)21-10-7-6-8-11-21/h6-13,15-17H,3-5,14,19H2,1-2H3. The lowest BCUT2D eigenvalue weighted by Gasteiger charge is -2.13. The Bertz CT molecular complexity index is 1320. The van der Waals surface area contributed by atoms with E-state index in [1.54, 1.807) is 13.0 Å². The lowest BCUT2D eigenvalue weighted by atomic mass is 9.98. The summed E-state index contributed by atoms with van der Waals surface area (Å²) in [6.07, 6.45) is 2.88. The molecule has 0 amide bonds. The van der Waals surface area contributed by atoms with Crippen LogP contribution in [-0.2, 0) is 17.7 Å². The van der Waals surface area contributed by atoms with Gasteiger partial charge < -0.3 is 9.30 Å². The number of aromatic nitrogens is 2. The second-order valence-electron chi connectivity index (χ2n) is 7.97. The van der Waals surface area contributed by atoms with Gasteiger partial charge in [-0.2, -0.15) is 5.26 Å². The van der Waals surface area contributed by atoms with Gasteiger partial charge in [-0.3, -0.25) is 0 Å². The first-order chi connectivity index (χ1) is 16.2. The molecule has 1 aromatic heterocycles. The number of imidazole rings is 1. The Morgan fingerprint density at radius 3 is 2.61 bits per heavy atom. The number of hydrogen-bond donors (Lipinski definition) is 0. The topological polar surface area (TPSA) is 67.9 Å². The molecular formula is C28H27N3O2. The molecule has 0 spiro atoms. The van der Waals surface area contributed by atoms with Crippen molar-refractivity contribution in [3.05, 3.63) is 89.2 Å². The summed E-state index contributed by atoms with van der Waals surface area (Å²) in [5, 5.41) is 9.82. The van der Waals surface area contributed by atoms with Gasteiger partial charge in [-0.05, 0) is 48.2 Å². The summed E-state index contributed by atoms with van der Waals surface area (Å²) < 4.78 is 7.42. The highest BCUT2D eigenvalue weighted by atomic mass is 16.5. The summed E-state index contributed by atoms with van der Waals surface area (Å²) in [5.41, 5.74) is 5.63. The molecule has 4 rings (SSSR count). The number of carbonyl (C=O) groups excluding carboxylic acids is 1. The average Bonchev–Trinajstić information content (AvgIpc) is 3.20. The SMILES string of the molecule is CCCCc1nc2cccc(C(=O)OCC)c2n1Cc1ccc(-c2ccccc2)c(C#N)c1. The van der Waals surface area contributed by atoms with Gasteiger partial charge in [-0.1, -0.05) is 61.9 Å². The van der Waals surface area contributed by atoms with E-state index in [9.17, 15) is 10.1 Å². The highest BCUT2D eigenvalue weighted by Crippen LogP contribution is 2.27. The number of fused-ring (bicyclic) bond motifs is 1. The Hall–Kier alpha value is -3.91. The van der Waals surface area contributed by atoms with Gasteiger partial charge in [-0.25, -0.2) is 9.78 Å². The van der Waals surface area contributed by atoms with Crippen molar-refractivity contribution in [3.63, 3.8) is 0 Å². The molecule has 0 bridgehead atoms. The maximum atomic E-state index is 12.7. The highest BCUT2D eigenvalue weighted by Gasteiger charge is 2.19. The molecule has 0 radical (unpaired) electrons. The predicted molar refractivity (Wildman–Crippen MR) is 130 cm³/mol. The quantitative estimate of drug-likeness (QED) is 0.310. The Balaban J connectivity index is 1.80. The zero-order valence-corrected chi connectivity index (χ0v) is 19.0. The fourth-order valence-electron chi connectivity index (χ4n) is 4.14. The third-order valence-electron chi connectivity index (χ3n) is 5.72. The first-order valence-corrected chi connectivity index (χ1v) is 11.4. The lowest BCUT2D eigenvalue weighted by molar-refractivity contribution is 0.0528. The van der Waals surface area contributed by atoms with Gasteiger partial charge in [0.1, 0.15) is 5.82 Å². The number of nitrogens with zero attached hydrogens (tertiary/aromatic N) is 3. The number of rotatable bonds is 8. The lowest BCUT2D eigenvalue weighted by Crippen LogP contribution is -2.10. The zero-order chi connectivity index (χ0) is 23.2. The van der Waals surface area contributed by atoms with E-state index in [0.29, 0.717) is 24.3 Å². The maximum absolute atomic E-state index is 12.7. The molecule has 0 aliphatic rings. The first-order valence-electron chi connectivity index (χ1n) is 11.4. The number of ether oxygens (including phenoxy) is 1. The van der Waals surface area contributed by atoms with Crippen LogP contribution in [0.25, 0.3) is 22.2 Å². The van der Waals surface area contributed by atoms with Gasteiger partial charge in [0.25, 0.3) is 0 Å². The van der Waals surface area contributed by atoms with Crippen LogP contribution < -0.4 is 0 Å². The largest absolute Gasteiger partial charge is 0.462 e. The summed E-state index contributed by atoms with van der Waals surface area (Å²) in [7, 11) is 0. The second kappa shape index (κ2) is 10.1. The second-order valence-corrected chi connectivity index (χ2v) is 7.97. The minimum absolute atomic E-state index is 0.318. The van der Waals surface area contributed by atoms with Crippen LogP contribution in [0.15, 0.2) is 66.7 Å². The number of hydrogen-bond acceptors (Lipinski definition) is 4. The van der Waals surface area contributed by atoms with E-state index in [4.69, 9.17) is 9.72 Å². The Kier molecular flexibility index (Phi) is 6.85. The van der Waals surface area contributed by atoms with Crippen LogP contribution in [0.2, 0.25) is 0 Å². The minimum atomic E-state index is -0.344. The molecule has 0 saturated heterocycles. The monoisotopic (exact) mass is 437 g/mol. The van der Waals surface area contributed by atoms with Crippen LogP contribution >= 0.6 is 0 Å². The molecule has 4 aromatic rings. The van der Waals surface area contributed by atoms with Crippen molar-refractivity contribution >= 4 is 17.0 Å². The number of unbranched alkanes of at least 4 members (excludes halogenated alkanes) is 1. The smallest absolute Gasteiger partial charge is 0.340 e. The molecular weight excluding hydrogens is 410 g/mol. The van der Waals surface area contributed by atoms with Crippen LogP contribution in [0.4, 0.5) is 0 Å². The van der Waals surface area contributed by atoms with Gasteiger partial charge in [0.05, 0.1) is 34.8 Å². The van der Waals surface area contributed by atoms with E-state index in [-0.39, 0.29) is 5.97 Å². The number of benzene rings is 3. The molecule has 5 nitrogen and oxygen atoms in total. The first kappa shape index (κ1) is 22.3. The molecule has 0 aliphatic carbocycles. The van der Waals surface area contributed by atoms with Crippen molar-refractivity contribution < 1.29 is 9.53 Å². The van der Waals surface area contributed by atoms with Gasteiger partial charge in [0.2, 0.25) is 0 Å². The van der Waals surface area contributed by atoms with Crippen molar-refractivity contribution in [2.75, 3.05) is 6.61 Å². The molecule has 33 heavy (non-hydrogen) atoms. The van der Waals surface area contributed by atoms with E-state index >= 15 is 0 Å². The Labute approximate surface area is 194 Å². The minimum Gasteiger partial charge on any atom is -0.462 e. The van der Waals surface area contributed by atoms with Gasteiger partial charge in [0, 0.05) is 13.0 Å². The molecule has 3 aromatic carbocycles. The number of para-hydroxylation sites is 1. The molecule has 166 valence electrons. The molecule has 0 atom stereocenters. The third-order valence-corrected chi connectivity index (χ3v) is 5.72. The Morgan fingerprint density at radius 1 is 1.06 bits per heavy atom. The van der Waals surface area contributed by atoms with Crippen LogP contribution in [0, 0.1) is 11.3 Å². The van der Waals surface area contributed by atoms with Gasteiger partial charge in [-0.15, -0.1) is 0 Å². The molecule has 0 saturated carbocycles. The number of nitriles is 1. The highest BCUT2D eigenvalue weighted by molar-refractivity contribution is 6.02. The normalized spacial score (nSPS) is 10.8. The summed E-state index contributed by atoms with van der Waals surface area (Å²) >= 11 is 0. The van der Waals surface area contributed by atoms with E-state index in [0.717, 1.165) is 52.8 Å². The van der Waals surface area contributed by atoms with Gasteiger partial charge >= 0.3 is 5.97 Å². The summed E-state index contributed by atoms with van der Waals surface area (Å²) in [4.78, 5) is 17.5.